The van der Waals surface area contributed by atoms with Crippen LogP contribution in [0.25, 0.3) is 89.0 Å². The smallest absolute Gasteiger partial charge is 0.0178 e. The van der Waals surface area contributed by atoms with E-state index < -0.39 is 0 Å². The Kier molecular flexibility index (Phi) is 9.07. The minimum absolute atomic E-state index is 1.20. The first-order valence-electron chi connectivity index (χ1n) is 18.6. The standard InChI is InChI=1S/C54H38/c1-3-11-39(12-4-1)41-23-27-43(28-24-41)47-15-7-19-51(35-47)53-21-9-17-49(37-53)45-31-33-46(34-32-45)50-18-10-22-54(38-50)52-20-8-16-48(36-52)44-29-25-42(26-30-44)40-13-5-2-6-14-40/h1-38H. The van der Waals surface area contributed by atoms with E-state index in [0.29, 0.717) is 0 Å². The molecule has 0 radical (unpaired) electrons. The molecule has 0 aliphatic rings. The van der Waals surface area contributed by atoms with Crippen molar-refractivity contribution in [3.8, 4) is 89.0 Å². The van der Waals surface area contributed by atoms with E-state index in [0.717, 1.165) is 0 Å². The Bertz CT molecular complexity index is 2460. The predicted octanol–water partition coefficient (Wildman–Crippen LogP) is 15.0. The van der Waals surface area contributed by atoms with E-state index in [-0.39, 0.29) is 0 Å². The van der Waals surface area contributed by atoms with Gasteiger partial charge in [0.05, 0.1) is 0 Å². The highest BCUT2D eigenvalue weighted by atomic mass is 14.1. The van der Waals surface area contributed by atoms with Crippen molar-refractivity contribution in [1.29, 1.82) is 0 Å². The minimum atomic E-state index is 1.20. The van der Waals surface area contributed by atoms with Gasteiger partial charge in [0, 0.05) is 0 Å². The largest absolute Gasteiger partial charge is 0.0622 e. The number of rotatable bonds is 8. The van der Waals surface area contributed by atoms with Crippen LogP contribution in [0.1, 0.15) is 0 Å². The van der Waals surface area contributed by atoms with Crippen LogP contribution < -0.4 is 0 Å². The fraction of sp³-hybridized carbons (Fsp3) is 0. The maximum atomic E-state index is 2.30. The Labute approximate surface area is 318 Å². The first-order chi connectivity index (χ1) is 26.7. The summed E-state index contributed by atoms with van der Waals surface area (Å²) in [6.07, 6.45) is 0. The van der Waals surface area contributed by atoms with E-state index in [1.54, 1.807) is 0 Å². The molecular weight excluding hydrogens is 649 g/mol. The van der Waals surface area contributed by atoms with E-state index in [1.165, 1.54) is 89.0 Å². The molecule has 0 heterocycles. The molecule has 0 bridgehead atoms. The van der Waals surface area contributed by atoms with Crippen LogP contribution in [0.5, 0.6) is 0 Å². The van der Waals surface area contributed by atoms with Crippen LogP contribution in [-0.4, -0.2) is 0 Å². The molecule has 54 heavy (non-hydrogen) atoms. The third-order valence-electron chi connectivity index (χ3n) is 10.3. The van der Waals surface area contributed by atoms with Crippen LogP contribution in [0.15, 0.2) is 231 Å². The van der Waals surface area contributed by atoms with E-state index in [9.17, 15) is 0 Å². The van der Waals surface area contributed by atoms with Gasteiger partial charge in [-0.3, -0.25) is 0 Å². The van der Waals surface area contributed by atoms with Crippen molar-refractivity contribution >= 4 is 0 Å². The van der Waals surface area contributed by atoms with E-state index in [4.69, 9.17) is 0 Å². The Hall–Kier alpha value is -7.02. The van der Waals surface area contributed by atoms with Crippen molar-refractivity contribution in [2.24, 2.45) is 0 Å². The maximum Gasteiger partial charge on any atom is -0.0178 e. The molecular formula is C54H38. The molecule has 0 heteroatoms. The zero-order valence-corrected chi connectivity index (χ0v) is 29.9. The van der Waals surface area contributed by atoms with Gasteiger partial charge in [-0.2, -0.15) is 0 Å². The van der Waals surface area contributed by atoms with Crippen molar-refractivity contribution < 1.29 is 0 Å². The third kappa shape index (κ3) is 7.06. The van der Waals surface area contributed by atoms with E-state index >= 15 is 0 Å². The number of benzene rings is 9. The Morgan fingerprint density at radius 2 is 0.259 bits per heavy atom. The molecule has 9 aromatic carbocycles. The summed E-state index contributed by atoms with van der Waals surface area (Å²) in [6.45, 7) is 0. The summed E-state index contributed by atoms with van der Waals surface area (Å²) in [5, 5.41) is 0. The van der Waals surface area contributed by atoms with Crippen molar-refractivity contribution in [1.82, 2.24) is 0 Å². The van der Waals surface area contributed by atoms with Gasteiger partial charge >= 0.3 is 0 Å². The van der Waals surface area contributed by atoms with Gasteiger partial charge in [-0.1, -0.05) is 206 Å². The van der Waals surface area contributed by atoms with Gasteiger partial charge < -0.3 is 0 Å². The molecule has 0 saturated heterocycles. The maximum absolute atomic E-state index is 2.30. The van der Waals surface area contributed by atoms with Gasteiger partial charge in [0.2, 0.25) is 0 Å². The molecule has 0 amide bonds. The fourth-order valence-electron chi connectivity index (χ4n) is 7.34. The topological polar surface area (TPSA) is 0 Å². The van der Waals surface area contributed by atoms with Crippen molar-refractivity contribution in [2.75, 3.05) is 0 Å². The summed E-state index contributed by atoms with van der Waals surface area (Å²) in [4.78, 5) is 0. The molecule has 0 unspecified atom stereocenters. The van der Waals surface area contributed by atoms with Crippen molar-refractivity contribution in [2.45, 2.75) is 0 Å². The molecule has 0 nitrogen and oxygen atoms in total. The molecule has 0 aliphatic heterocycles. The fourth-order valence-corrected chi connectivity index (χ4v) is 7.34. The summed E-state index contributed by atoms with van der Waals surface area (Å²) in [6, 6.07) is 83.2. The van der Waals surface area contributed by atoms with Crippen LogP contribution in [0.3, 0.4) is 0 Å². The Balaban J connectivity index is 0.924. The lowest BCUT2D eigenvalue weighted by Gasteiger charge is -2.11. The van der Waals surface area contributed by atoms with Crippen LogP contribution in [0, 0.1) is 0 Å². The highest BCUT2D eigenvalue weighted by Crippen LogP contribution is 2.34. The number of hydrogen-bond donors (Lipinski definition) is 0. The van der Waals surface area contributed by atoms with Gasteiger partial charge in [0.1, 0.15) is 0 Å². The lowest BCUT2D eigenvalue weighted by atomic mass is 9.94. The van der Waals surface area contributed by atoms with E-state index in [2.05, 4.69) is 231 Å². The third-order valence-corrected chi connectivity index (χ3v) is 10.3. The Morgan fingerprint density at radius 1 is 0.111 bits per heavy atom. The van der Waals surface area contributed by atoms with Crippen LogP contribution in [-0.2, 0) is 0 Å². The monoisotopic (exact) mass is 686 g/mol. The van der Waals surface area contributed by atoms with Crippen LogP contribution >= 0.6 is 0 Å². The molecule has 0 aromatic heterocycles. The highest BCUT2D eigenvalue weighted by molar-refractivity contribution is 5.81. The minimum Gasteiger partial charge on any atom is -0.0622 e. The highest BCUT2D eigenvalue weighted by Gasteiger charge is 2.08. The van der Waals surface area contributed by atoms with Gasteiger partial charge in [0.25, 0.3) is 0 Å². The first-order valence-corrected chi connectivity index (χ1v) is 18.6. The predicted molar refractivity (Wildman–Crippen MR) is 230 cm³/mol. The normalized spacial score (nSPS) is 11.0. The molecule has 0 saturated carbocycles. The molecule has 0 N–H and O–H groups in total. The lowest BCUT2D eigenvalue weighted by Crippen LogP contribution is -1.85. The summed E-state index contributed by atoms with van der Waals surface area (Å²) >= 11 is 0. The second-order valence-corrected chi connectivity index (χ2v) is 13.8. The summed E-state index contributed by atoms with van der Waals surface area (Å²) in [5.41, 5.74) is 19.5. The van der Waals surface area contributed by atoms with Gasteiger partial charge in [0.15, 0.2) is 0 Å². The average molecular weight is 687 g/mol. The summed E-state index contributed by atoms with van der Waals surface area (Å²) in [7, 11) is 0. The van der Waals surface area contributed by atoms with Crippen LogP contribution in [0.4, 0.5) is 0 Å². The van der Waals surface area contributed by atoms with Crippen molar-refractivity contribution in [3.63, 3.8) is 0 Å². The van der Waals surface area contributed by atoms with Crippen molar-refractivity contribution in [3.05, 3.63) is 231 Å². The molecule has 9 aromatic rings. The molecule has 0 fully saturated rings. The van der Waals surface area contributed by atoms with E-state index in [1.807, 2.05) is 0 Å². The second-order valence-electron chi connectivity index (χ2n) is 13.8. The molecule has 0 spiro atoms. The summed E-state index contributed by atoms with van der Waals surface area (Å²) < 4.78 is 0. The van der Waals surface area contributed by atoms with Crippen LogP contribution in [0.2, 0.25) is 0 Å². The molecule has 0 atom stereocenters. The molecule has 9 rings (SSSR count). The second kappa shape index (κ2) is 14.9. The first kappa shape index (κ1) is 32.9. The molecule has 254 valence electrons. The zero-order valence-electron chi connectivity index (χ0n) is 29.9. The lowest BCUT2D eigenvalue weighted by molar-refractivity contribution is 1.55. The number of hydrogen-bond acceptors (Lipinski definition) is 0. The Morgan fingerprint density at radius 3 is 0.481 bits per heavy atom. The average Bonchev–Trinajstić information content (AvgIpc) is 3.27. The zero-order chi connectivity index (χ0) is 36.1. The van der Waals surface area contributed by atoms with Gasteiger partial charge in [-0.05, 0) is 113 Å². The summed E-state index contributed by atoms with van der Waals surface area (Å²) in [5.74, 6) is 0. The molecule has 0 aliphatic carbocycles. The van der Waals surface area contributed by atoms with Gasteiger partial charge in [-0.25, -0.2) is 0 Å². The SMILES string of the molecule is c1ccc(-c2ccc(-c3cccc(-c4cccc(-c5ccc(-c6cccc(-c7cccc(-c8ccc(-c9ccccc9)cc8)c7)c6)cc5)c4)c3)cc2)cc1. The van der Waals surface area contributed by atoms with Gasteiger partial charge in [-0.15, -0.1) is 0 Å². The quantitative estimate of drug-likeness (QED) is 0.149.